The van der Waals surface area contributed by atoms with Crippen molar-refractivity contribution in [2.75, 3.05) is 11.9 Å². The van der Waals surface area contributed by atoms with E-state index < -0.39 is 17.8 Å². The molecule has 3 aromatic rings. The van der Waals surface area contributed by atoms with Crippen LogP contribution in [-0.2, 0) is 14.3 Å². The predicted molar refractivity (Wildman–Crippen MR) is 106 cm³/mol. The second kappa shape index (κ2) is 7.74. The maximum atomic E-state index is 12.8. The fraction of sp³-hybridized carbons (Fsp3) is 0.0909. The summed E-state index contributed by atoms with van der Waals surface area (Å²) in [7, 11) is 0. The molecular formula is C22H16ClNO4. The lowest BCUT2D eigenvalue weighted by Gasteiger charge is -2.26. The van der Waals surface area contributed by atoms with E-state index in [-0.39, 0.29) is 6.61 Å². The van der Waals surface area contributed by atoms with Crippen molar-refractivity contribution in [1.82, 2.24) is 0 Å². The molecule has 1 aliphatic heterocycles. The molecule has 0 saturated heterocycles. The van der Waals surface area contributed by atoms with Gasteiger partial charge in [-0.25, -0.2) is 0 Å². The standard InChI is InChI=1S/C22H16ClNO4/c23-14-9-11-15(12-10-14)24-20(25)13-27-22(26)21-16-5-1-3-7-18(16)28-19-8-4-2-6-17(19)21/h1-12,21H,13H2,(H,24,25). The molecule has 0 unspecified atom stereocenters. The van der Waals surface area contributed by atoms with E-state index in [0.29, 0.717) is 33.3 Å². The third kappa shape index (κ3) is 3.70. The Kier molecular flexibility index (Phi) is 5.00. The average Bonchev–Trinajstić information content (AvgIpc) is 2.72. The molecule has 28 heavy (non-hydrogen) atoms. The maximum Gasteiger partial charge on any atom is 0.318 e. The summed E-state index contributed by atoms with van der Waals surface area (Å²) in [6.45, 7) is -0.386. The fourth-order valence-electron chi connectivity index (χ4n) is 3.11. The molecule has 0 radical (unpaired) electrons. The summed E-state index contributed by atoms with van der Waals surface area (Å²) < 4.78 is 11.2. The molecule has 3 aromatic carbocycles. The summed E-state index contributed by atoms with van der Waals surface area (Å²) in [6.07, 6.45) is 0. The first-order chi connectivity index (χ1) is 13.6. The number of carbonyl (C=O) groups is 2. The van der Waals surface area contributed by atoms with Crippen LogP contribution in [0.3, 0.4) is 0 Å². The van der Waals surface area contributed by atoms with E-state index in [9.17, 15) is 9.59 Å². The van der Waals surface area contributed by atoms with Crippen LogP contribution in [0.25, 0.3) is 0 Å². The number of halogens is 1. The van der Waals surface area contributed by atoms with E-state index in [1.54, 1.807) is 36.4 Å². The molecule has 1 heterocycles. The quantitative estimate of drug-likeness (QED) is 0.649. The Morgan fingerprint density at radius 3 is 2.07 bits per heavy atom. The number of para-hydroxylation sites is 2. The molecule has 0 bridgehead atoms. The van der Waals surface area contributed by atoms with Crippen molar-refractivity contribution in [3.8, 4) is 11.5 Å². The third-order valence-electron chi connectivity index (χ3n) is 4.39. The van der Waals surface area contributed by atoms with Crippen molar-refractivity contribution in [2.24, 2.45) is 0 Å². The van der Waals surface area contributed by atoms with Gasteiger partial charge in [-0.15, -0.1) is 0 Å². The number of hydrogen-bond acceptors (Lipinski definition) is 4. The second-order valence-corrected chi connectivity index (χ2v) is 6.71. The third-order valence-corrected chi connectivity index (χ3v) is 4.64. The minimum Gasteiger partial charge on any atom is -0.457 e. The molecule has 0 spiro atoms. The number of esters is 1. The van der Waals surface area contributed by atoms with Gasteiger partial charge in [0, 0.05) is 21.8 Å². The number of hydrogen-bond donors (Lipinski definition) is 1. The van der Waals surface area contributed by atoms with Crippen LogP contribution < -0.4 is 10.1 Å². The van der Waals surface area contributed by atoms with Crippen LogP contribution in [0.5, 0.6) is 11.5 Å². The largest absolute Gasteiger partial charge is 0.457 e. The Labute approximate surface area is 166 Å². The molecule has 0 aliphatic carbocycles. The summed E-state index contributed by atoms with van der Waals surface area (Å²) >= 11 is 5.83. The summed E-state index contributed by atoms with van der Waals surface area (Å²) in [5.41, 5.74) is 2.00. The van der Waals surface area contributed by atoms with Gasteiger partial charge in [0.15, 0.2) is 6.61 Å². The second-order valence-electron chi connectivity index (χ2n) is 6.27. The van der Waals surface area contributed by atoms with Crippen molar-refractivity contribution in [3.63, 3.8) is 0 Å². The predicted octanol–water partition coefficient (Wildman–Crippen LogP) is 4.76. The number of ether oxygens (including phenoxy) is 2. The molecule has 5 nitrogen and oxygen atoms in total. The zero-order valence-corrected chi connectivity index (χ0v) is 15.5. The molecule has 4 rings (SSSR count). The molecule has 140 valence electrons. The zero-order chi connectivity index (χ0) is 19.5. The number of benzene rings is 3. The minimum absolute atomic E-state index is 0.386. The molecule has 1 N–H and O–H groups in total. The van der Waals surface area contributed by atoms with Crippen LogP contribution in [-0.4, -0.2) is 18.5 Å². The Hall–Kier alpha value is -3.31. The van der Waals surface area contributed by atoms with E-state index in [4.69, 9.17) is 21.1 Å². The smallest absolute Gasteiger partial charge is 0.318 e. The van der Waals surface area contributed by atoms with Crippen LogP contribution in [0.1, 0.15) is 17.0 Å². The highest BCUT2D eigenvalue weighted by molar-refractivity contribution is 6.30. The highest BCUT2D eigenvalue weighted by Gasteiger charge is 2.33. The van der Waals surface area contributed by atoms with E-state index in [1.165, 1.54) is 0 Å². The lowest BCUT2D eigenvalue weighted by molar-refractivity contribution is -0.148. The number of anilines is 1. The highest BCUT2D eigenvalue weighted by Crippen LogP contribution is 2.44. The number of fused-ring (bicyclic) bond motifs is 2. The molecule has 0 saturated carbocycles. The maximum absolute atomic E-state index is 12.8. The Morgan fingerprint density at radius 2 is 1.46 bits per heavy atom. The summed E-state index contributed by atoms with van der Waals surface area (Å²) in [5, 5.41) is 3.24. The van der Waals surface area contributed by atoms with E-state index in [0.717, 1.165) is 0 Å². The van der Waals surface area contributed by atoms with Crippen LogP contribution >= 0.6 is 11.6 Å². The van der Waals surface area contributed by atoms with Gasteiger partial charge in [0.05, 0.1) is 0 Å². The van der Waals surface area contributed by atoms with Gasteiger partial charge in [-0.1, -0.05) is 48.0 Å². The summed E-state index contributed by atoms with van der Waals surface area (Å²) in [6, 6.07) is 21.3. The molecule has 1 aliphatic rings. The van der Waals surface area contributed by atoms with Crippen molar-refractivity contribution >= 4 is 29.2 Å². The van der Waals surface area contributed by atoms with E-state index >= 15 is 0 Å². The number of nitrogens with one attached hydrogen (secondary N) is 1. The minimum atomic E-state index is -0.649. The van der Waals surface area contributed by atoms with Crippen molar-refractivity contribution in [3.05, 3.63) is 88.9 Å². The number of carbonyl (C=O) groups excluding carboxylic acids is 2. The Bertz CT molecular complexity index is 987. The van der Waals surface area contributed by atoms with Crippen LogP contribution in [0.15, 0.2) is 72.8 Å². The van der Waals surface area contributed by atoms with Gasteiger partial charge in [-0.3, -0.25) is 9.59 Å². The lowest BCUT2D eigenvalue weighted by Crippen LogP contribution is -2.26. The topological polar surface area (TPSA) is 64.6 Å². The molecule has 0 aromatic heterocycles. The van der Waals surface area contributed by atoms with Crippen LogP contribution in [0.2, 0.25) is 5.02 Å². The van der Waals surface area contributed by atoms with Crippen molar-refractivity contribution in [1.29, 1.82) is 0 Å². The van der Waals surface area contributed by atoms with Crippen molar-refractivity contribution in [2.45, 2.75) is 5.92 Å². The highest BCUT2D eigenvalue weighted by atomic mass is 35.5. The van der Waals surface area contributed by atoms with Gasteiger partial charge in [0.2, 0.25) is 0 Å². The van der Waals surface area contributed by atoms with Gasteiger partial charge in [-0.2, -0.15) is 0 Å². The fourth-order valence-corrected chi connectivity index (χ4v) is 3.24. The molecule has 6 heteroatoms. The molecule has 0 fully saturated rings. The Morgan fingerprint density at radius 1 is 0.893 bits per heavy atom. The van der Waals surface area contributed by atoms with Gasteiger partial charge >= 0.3 is 5.97 Å². The van der Waals surface area contributed by atoms with Crippen LogP contribution in [0, 0.1) is 0 Å². The van der Waals surface area contributed by atoms with Gasteiger partial charge in [-0.05, 0) is 36.4 Å². The zero-order valence-electron chi connectivity index (χ0n) is 14.7. The number of amides is 1. The lowest BCUT2D eigenvalue weighted by atomic mass is 9.88. The van der Waals surface area contributed by atoms with Gasteiger partial charge in [0.1, 0.15) is 17.4 Å². The van der Waals surface area contributed by atoms with Crippen molar-refractivity contribution < 1.29 is 19.1 Å². The van der Waals surface area contributed by atoms with Gasteiger partial charge in [0.25, 0.3) is 5.91 Å². The molecule has 1 amide bonds. The van der Waals surface area contributed by atoms with Gasteiger partial charge < -0.3 is 14.8 Å². The summed E-state index contributed by atoms with van der Waals surface area (Å²) in [5.74, 6) is -0.370. The molecular weight excluding hydrogens is 378 g/mol. The monoisotopic (exact) mass is 393 g/mol. The SMILES string of the molecule is O=C(COC(=O)C1c2ccccc2Oc2ccccc21)Nc1ccc(Cl)cc1. The average molecular weight is 394 g/mol. The first kappa shape index (κ1) is 18.1. The number of rotatable bonds is 4. The first-order valence-electron chi connectivity index (χ1n) is 8.69. The Balaban J connectivity index is 1.49. The summed E-state index contributed by atoms with van der Waals surface area (Å²) in [4.78, 5) is 25.0. The van der Waals surface area contributed by atoms with Crippen LogP contribution in [0.4, 0.5) is 5.69 Å². The molecule has 0 atom stereocenters. The van der Waals surface area contributed by atoms with E-state index in [2.05, 4.69) is 5.32 Å². The first-order valence-corrected chi connectivity index (χ1v) is 9.07. The normalized spacial score (nSPS) is 12.3. The van der Waals surface area contributed by atoms with E-state index in [1.807, 2.05) is 36.4 Å².